The minimum atomic E-state index is -1.09. The lowest BCUT2D eigenvalue weighted by Crippen LogP contribution is -2.38. The van der Waals surface area contributed by atoms with E-state index in [1.807, 2.05) is 55.5 Å². The molecule has 0 saturated carbocycles. The van der Waals surface area contributed by atoms with Crippen molar-refractivity contribution in [3.63, 3.8) is 0 Å². The molecule has 0 aliphatic carbocycles. The second-order valence-corrected chi connectivity index (χ2v) is 7.15. The van der Waals surface area contributed by atoms with Crippen LogP contribution in [0.5, 0.6) is 5.75 Å². The van der Waals surface area contributed by atoms with Crippen molar-refractivity contribution >= 4 is 22.6 Å². The molecule has 29 heavy (non-hydrogen) atoms. The predicted octanol–water partition coefficient (Wildman–Crippen LogP) is 4.44. The zero-order chi connectivity index (χ0) is 20.8. The van der Waals surface area contributed by atoms with E-state index in [-0.39, 0.29) is 6.10 Å². The van der Waals surface area contributed by atoms with E-state index < -0.39 is 17.9 Å². The van der Waals surface area contributed by atoms with Crippen molar-refractivity contribution in [3.05, 3.63) is 77.9 Å². The number of amides is 1. The Bertz CT molecular complexity index is 1000. The van der Waals surface area contributed by atoms with Gasteiger partial charge in [0.05, 0.1) is 11.7 Å². The van der Waals surface area contributed by atoms with E-state index in [9.17, 15) is 9.59 Å². The highest BCUT2D eigenvalue weighted by atomic mass is 16.5. The lowest BCUT2D eigenvalue weighted by Gasteiger charge is -2.20. The van der Waals surface area contributed by atoms with Crippen LogP contribution in [-0.4, -0.2) is 29.1 Å². The highest BCUT2D eigenvalue weighted by Gasteiger charge is 2.21. The van der Waals surface area contributed by atoms with Crippen LogP contribution in [0, 0.1) is 0 Å². The van der Waals surface area contributed by atoms with Crippen LogP contribution in [-0.2, 0) is 11.2 Å². The molecule has 0 radical (unpaired) electrons. The number of rotatable bonds is 8. The summed E-state index contributed by atoms with van der Waals surface area (Å²) in [7, 11) is 0. The van der Waals surface area contributed by atoms with Crippen LogP contribution in [0.1, 0.15) is 36.2 Å². The first-order valence-electron chi connectivity index (χ1n) is 9.71. The number of aliphatic carboxylic acids is 1. The maximum Gasteiger partial charge on any atom is 0.325 e. The molecule has 0 aromatic heterocycles. The Morgan fingerprint density at radius 1 is 0.966 bits per heavy atom. The van der Waals surface area contributed by atoms with Crippen LogP contribution in [0.3, 0.4) is 0 Å². The predicted molar refractivity (Wildman–Crippen MR) is 113 cm³/mol. The van der Waals surface area contributed by atoms with Gasteiger partial charge in [0.2, 0.25) is 0 Å². The van der Waals surface area contributed by atoms with Crippen LogP contribution in [0.2, 0.25) is 0 Å². The van der Waals surface area contributed by atoms with Gasteiger partial charge in [-0.1, -0.05) is 60.7 Å². The molecule has 1 unspecified atom stereocenters. The van der Waals surface area contributed by atoms with Gasteiger partial charge in [0.1, 0.15) is 11.8 Å². The largest absolute Gasteiger partial charge is 0.489 e. The lowest BCUT2D eigenvalue weighted by molar-refractivity contribution is -0.138. The molecule has 3 rings (SSSR count). The summed E-state index contributed by atoms with van der Waals surface area (Å²) < 4.78 is 6.24. The van der Waals surface area contributed by atoms with E-state index >= 15 is 0 Å². The normalized spacial score (nSPS) is 12.9. The summed E-state index contributed by atoms with van der Waals surface area (Å²) >= 11 is 0. The van der Waals surface area contributed by atoms with E-state index in [1.165, 1.54) is 12.5 Å². The van der Waals surface area contributed by atoms with Crippen molar-refractivity contribution in [2.45, 2.75) is 38.8 Å². The van der Waals surface area contributed by atoms with Crippen LogP contribution in [0.15, 0.2) is 66.7 Å². The molecule has 1 amide bonds. The number of hydrogen-bond acceptors (Lipinski definition) is 3. The summed E-state index contributed by atoms with van der Waals surface area (Å²) in [6.45, 7) is 3.41. The van der Waals surface area contributed by atoms with Crippen LogP contribution in [0.4, 0.5) is 0 Å². The fourth-order valence-corrected chi connectivity index (χ4v) is 3.16. The average Bonchev–Trinajstić information content (AvgIpc) is 2.73. The monoisotopic (exact) mass is 391 g/mol. The van der Waals surface area contributed by atoms with Crippen molar-refractivity contribution in [1.29, 1.82) is 0 Å². The number of aryl methyl sites for hydroxylation is 1. The second kappa shape index (κ2) is 9.24. The summed E-state index contributed by atoms with van der Waals surface area (Å²) in [4.78, 5) is 23.8. The Balaban J connectivity index is 1.85. The van der Waals surface area contributed by atoms with E-state index in [2.05, 4.69) is 17.4 Å². The first kappa shape index (κ1) is 20.4. The molecular weight excluding hydrogens is 366 g/mol. The number of carbonyl (C=O) groups is 2. The Labute approximate surface area is 170 Å². The molecule has 0 fully saturated rings. The maximum atomic E-state index is 12.7. The van der Waals surface area contributed by atoms with Gasteiger partial charge >= 0.3 is 5.97 Å². The fourth-order valence-electron chi connectivity index (χ4n) is 3.16. The maximum absolute atomic E-state index is 12.7. The molecule has 0 aliphatic rings. The molecule has 150 valence electrons. The van der Waals surface area contributed by atoms with Gasteiger partial charge in [0.25, 0.3) is 5.91 Å². The third-order valence-electron chi connectivity index (χ3n) is 4.84. The van der Waals surface area contributed by atoms with Crippen molar-refractivity contribution < 1.29 is 19.4 Å². The van der Waals surface area contributed by atoms with Gasteiger partial charge in [-0.05, 0) is 43.7 Å². The number of fused-ring (bicyclic) bond motifs is 1. The quantitative estimate of drug-likeness (QED) is 0.595. The van der Waals surface area contributed by atoms with Crippen LogP contribution in [0.25, 0.3) is 10.8 Å². The van der Waals surface area contributed by atoms with Gasteiger partial charge in [-0.15, -0.1) is 0 Å². The first-order valence-corrected chi connectivity index (χ1v) is 9.71. The molecule has 0 spiro atoms. The van der Waals surface area contributed by atoms with Gasteiger partial charge in [0, 0.05) is 5.39 Å². The van der Waals surface area contributed by atoms with Gasteiger partial charge in [0.15, 0.2) is 0 Å². The Morgan fingerprint density at radius 2 is 1.66 bits per heavy atom. The highest BCUT2D eigenvalue weighted by molar-refractivity contribution is 6.04. The van der Waals surface area contributed by atoms with Gasteiger partial charge in [-0.3, -0.25) is 9.59 Å². The summed E-state index contributed by atoms with van der Waals surface area (Å²) in [5.41, 5.74) is 1.57. The Morgan fingerprint density at radius 3 is 2.38 bits per heavy atom. The third-order valence-corrected chi connectivity index (χ3v) is 4.84. The van der Waals surface area contributed by atoms with Crippen LogP contribution >= 0.6 is 0 Å². The standard InChI is InChI=1S/C24H25NO4/c1-16(12-13-18-8-4-3-5-9-18)29-22-20-11-7-6-10-19(20)14-15-21(22)23(26)25-17(2)24(27)28/h3-11,14-17H,12-13H2,1-2H3,(H,25,26)(H,27,28)/t16-,17?/m1/s1. The SMILES string of the molecule is CC(NC(=O)c1ccc2ccccc2c1O[C@H](C)CCc1ccccc1)C(=O)O. The number of nitrogens with one attached hydrogen (secondary N) is 1. The smallest absolute Gasteiger partial charge is 0.325 e. The van der Waals surface area contributed by atoms with Crippen molar-refractivity contribution in [1.82, 2.24) is 5.32 Å². The summed E-state index contributed by atoms with van der Waals surface area (Å²) in [5, 5.41) is 13.4. The molecule has 5 nitrogen and oxygen atoms in total. The van der Waals surface area contributed by atoms with Gasteiger partial charge < -0.3 is 15.2 Å². The summed E-state index contributed by atoms with van der Waals surface area (Å²) in [6, 6.07) is 20.4. The molecule has 0 bridgehead atoms. The number of carboxylic acids is 1. The minimum absolute atomic E-state index is 0.121. The number of ether oxygens (including phenoxy) is 1. The minimum Gasteiger partial charge on any atom is -0.489 e. The summed E-state index contributed by atoms with van der Waals surface area (Å²) in [6.07, 6.45) is 1.54. The third kappa shape index (κ3) is 5.13. The van der Waals surface area contributed by atoms with Gasteiger partial charge in [-0.2, -0.15) is 0 Å². The van der Waals surface area contributed by atoms with E-state index in [4.69, 9.17) is 9.84 Å². The molecule has 2 N–H and O–H groups in total. The summed E-state index contributed by atoms with van der Waals surface area (Å²) in [5.74, 6) is -1.06. The molecule has 3 aromatic carbocycles. The zero-order valence-corrected chi connectivity index (χ0v) is 16.6. The van der Waals surface area contributed by atoms with E-state index in [0.717, 1.165) is 23.6 Å². The number of carbonyl (C=O) groups excluding carboxylic acids is 1. The van der Waals surface area contributed by atoms with E-state index in [1.54, 1.807) is 6.07 Å². The average molecular weight is 391 g/mol. The second-order valence-electron chi connectivity index (χ2n) is 7.15. The molecule has 0 saturated heterocycles. The fraction of sp³-hybridized carbons (Fsp3) is 0.250. The molecule has 2 atom stereocenters. The number of hydrogen-bond donors (Lipinski definition) is 2. The van der Waals surface area contributed by atoms with Crippen molar-refractivity contribution in [3.8, 4) is 5.75 Å². The zero-order valence-electron chi connectivity index (χ0n) is 16.6. The van der Waals surface area contributed by atoms with Crippen molar-refractivity contribution in [2.75, 3.05) is 0 Å². The van der Waals surface area contributed by atoms with Crippen LogP contribution < -0.4 is 10.1 Å². The Hall–Kier alpha value is -3.34. The molecule has 0 aliphatic heterocycles. The number of benzene rings is 3. The molecule has 0 heterocycles. The highest BCUT2D eigenvalue weighted by Crippen LogP contribution is 2.31. The molecular formula is C24H25NO4. The Kier molecular flexibility index (Phi) is 6.50. The first-order chi connectivity index (χ1) is 14.0. The topological polar surface area (TPSA) is 75.6 Å². The molecule has 5 heteroatoms. The lowest BCUT2D eigenvalue weighted by atomic mass is 10.0. The molecule has 3 aromatic rings. The number of carboxylic acid groups (broad SMARTS) is 1. The van der Waals surface area contributed by atoms with Crippen molar-refractivity contribution in [2.24, 2.45) is 0 Å². The van der Waals surface area contributed by atoms with E-state index in [0.29, 0.717) is 11.3 Å². The van der Waals surface area contributed by atoms with Gasteiger partial charge in [-0.25, -0.2) is 0 Å².